The van der Waals surface area contributed by atoms with Crippen molar-refractivity contribution in [2.24, 2.45) is 0 Å². The van der Waals surface area contributed by atoms with E-state index in [1.165, 1.54) is 60.2 Å². The molecule has 116 valence electrons. The van der Waals surface area contributed by atoms with Crippen LogP contribution in [0, 0.1) is 13.8 Å². The summed E-state index contributed by atoms with van der Waals surface area (Å²) >= 11 is 0. The van der Waals surface area contributed by atoms with Gasteiger partial charge in [-0.1, -0.05) is 18.6 Å². The van der Waals surface area contributed by atoms with E-state index >= 15 is 0 Å². The maximum Gasteiger partial charge on any atom is 0.0680 e. The van der Waals surface area contributed by atoms with Gasteiger partial charge in [-0.05, 0) is 63.1 Å². The molecule has 1 aromatic heterocycles. The fourth-order valence-electron chi connectivity index (χ4n) is 3.76. The molecule has 2 aromatic rings. The Morgan fingerprint density at radius 3 is 2.77 bits per heavy atom. The zero-order valence-corrected chi connectivity index (χ0v) is 13.6. The average Bonchev–Trinajstić information content (AvgIpc) is 2.90. The van der Waals surface area contributed by atoms with E-state index in [0.717, 1.165) is 12.5 Å². The van der Waals surface area contributed by atoms with Crippen molar-refractivity contribution in [2.45, 2.75) is 64.5 Å². The SMILES string of the molecule is Cc1cccc(-n2ncc3c2CCC[C@@H]3NC2CCC2)c1C. The molecular weight excluding hydrogens is 270 g/mol. The van der Waals surface area contributed by atoms with E-state index in [1.54, 1.807) is 0 Å². The molecule has 1 aromatic carbocycles. The normalized spacial score (nSPS) is 21.5. The third-order valence-corrected chi connectivity index (χ3v) is 5.53. The molecule has 1 saturated carbocycles. The number of hydrogen-bond donors (Lipinski definition) is 1. The fraction of sp³-hybridized carbons (Fsp3) is 0.526. The number of aryl methyl sites for hydroxylation is 1. The summed E-state index contributed by atoms with van der Waals surface area (Å²) in [6.45, 7) is 4.38. The van der Waals surface area contributed by atoms with Gasteiger partial charge in [-0.2, -0.15) is 5.10 Å². The van der Waals surface area contributed by atoms with Gasteiger partial charge in [0.2, 0.25) is 0 Å². The molecule has 0 unspecified atom stereocenters. The molecule has 3 nitrogen and oxygen atoms in total. The van der Waals surface area contributed by atoms with Crippen molar-refractivity contribution in [2.75, 3.05) is 0 Å². The largest absolute Gasteiger partial charge is 0.307 e. The number of fused-ring (bicyclic) bond motifs is 1. The first-order chi connectivity index (χ1) is 10.7. The number of aromatic nitrogens is 2. The lowest BCUT2D eigenvalue weighted by molar-refractivity contribution is 0.290. The highest BCUT2D eigenvalue weighted by Crippen LogP contribution is 2.34. The van der Waals surface area contributed by atoms with Crippen LogP contribution >= 0.6 is 0 Å². The van der Waals surface area contributed by atoms with E-state index in [4.69, 9.17) is 5.10 Å². The van der Waals surface area contributed by atoms with Crippen LogP contribution in [0.15, 0.2) is 24.4 Å². The summed E-state index contributed by atoms with van der Waals surface area (Å²) in [5.74, 6) is 0. The van der Waals surface area contributed by atoms with Gasteiger partial charge in [-0.15, -0.1) is 0 Å². The van der Waals surface area contributed by atoms with Crippen molar-refractivity contribution in [3.05, 3.63) is 46.8 Å². The van der Waals surface area contributed by atoms with Gasteiger partial charge < -0.3 is 5.32 Å². The van der Waals surface area contributed by atoms with Gasteiger partial charge in [-0.25, -0.2) is 4.68 Å². The van der Waals surface area contributed by atoms with Crippen LogP contribution in [0.25, 0.3) is 5.69 Å². The van der Waals surface area contributed by atoms with Crippen molar-refractivity contribution < 1.29 is 0 Å². The standard InChI is InChI=1S/C19H25N3/c1-13-6-3-10-18(14(13)2)22-19-11-5-9-17(16(19)12-20-22)21-15-7-4-8-15/h3,6,10,12,15,17,21H,4-5,7-9,11H2,1-2H3/t17-/m0/s1. The Balaban J connectivity index is 1.69. The Morgan fingerprint density at radius 2 is 2.00 bits per heavy atom. The van der Waals surface area contributed by atoms with Crippen molar-refractivity contribution in [3.63, 3.8) is 0 Å². The van der Waals surface area contributed by atoms with E-state index in [-0.39, 0.29) is 0 Å². The summed E-state index contributed by atoms with van der Waals surface area (Å²) in [5.41, 5.74) is 6.76. The smallest absolute Gasteiger partial charge is 0.0680 e. The zero-order chi connectivity index (χ0) is 15.1. The van der Waals surface area contributed by atoms with Crippen molar-refractivity contribution in [1.29, 1.82) is 0 Å². The molecule has 4 rings (SSSR count). The molecule has 2 aliphatic rings. The van der Waals surface area contributed by atoms with E-state index in [1.807, 2.05) is 0 Å². The van der Waals surface area contributed by atoms with Crippen molar-refractivity contribution in [1.82, 2.24) is 15.1 Å². The topological polar surface area (TPSA) is 29.9 Å². The molecule has 1 heterocycles. The molecule has 0 amide bonds. The monoisotopic (exact) mass is 295 g/mol. The van der Waals surface area contributed by atoms with Crippen LogP contribution in [-0.2, 0) is 6.42 Å². The van der Waals surface area contributed by atoms with Gasteiger partial charge >= 0.3 is 0 Å². The van der Waals surface area contributed by atoms with E-state index in [0.29, 0.717) is 6.04 Å². The minimum atomic E-state index is 0.507. The Morgan fingerprint density at radius 1 is 1.14 bits per heavy atom. The first kappa shape index (κ1) is 14.0. The molecule has 0 radical (unpaired) electrons. The van der Waals surface area contributed by atoms with Gasteiger partial charge in [0, 0.05) is 23.3 Å². The molecule has 3 heteroatoms. The highest BCUT2D eigenvalue weighted by Gasteiger charge is 2.28. The Bertz CT molecular complexity index is 682. The first-order valence-corrected chi connectivity index (χ1v) is 8.63. The van der Waals surface area contributed by atoms with Gasteiger partial charge in [0.05, 0.1) is 11.9 Å². The number of hydrogen-bond acceptors (Lipinski definition) is 2. The average molecular weight is 295 g/mol. The minimum Gasteiger partial charge on any atom is -0.307 e. The molecule has 0 aliphatic heterocycles. The van der Waals surface area contributed by atoms with Gasteiger partial charge in [0.1, 0.15) is 0 Å². The molecule has 1 fully saturated rings. The van der Waals surface area contributed by atoms with E-state index in [2.05, 4.69) is 48.2 Å². The summed E-state index contributed by atoms with van der Waals surface area (Å²) in [7, 11) is 0. The van der Waals surface area contributed by atoms with Gasteiger partial charge in [0.15, 0.2) is 0 Å². The summed E-state index contributed by atoms with van der Waals surface area (Å²) in [6.07, 6.45) is 9.83. The number of rotatable bonds is 3. The Hall–Kier alpha value is -1.61. The van der Waals surface area contributed by atoms with Crippen LogP contribution in [0.4, 0.5) is 0 Å². The van der Waals surface area contributed by atoms with Gasteiger partial charge in [-0.3, -0.25) is 0 Å². The maximum absolute atomic E-state index is 4.75. The molecule has 2 aliphatic carbocycles. The highest BCUT2D eigenvalue weighted by molar-refractivity contribution is 5.46. The highest BCUT2D eigenvalue weighted by atomic mass is 15.3. The van der Waals surface area contributed by atoms with Crippen molar-refractivity contribution >= 4 is 0 Å². The van der Waals surface area contributed by atoms with Crippen LogP contribution in [0.5, 0.6) is 0 Å². The van der Waals surface area contributed by atoms with Crippen molar-refractivity contribution in [3.8, 4) is 5.69 Å². The first-order valence-electron chi connectivity index (χ1n) is 8.63. The molecule has 1 atom stereocenters. The molecule has 22 heavy (non-hydrogen) atoms. The lowest BCUT2D eigenvalue weighted by Gasteiger charge is -2.33. The number of nitrogens with zero attached hydrogens (tertiary/aromatic N) is 2. The summed E-state index contributed by atoms with van der Waals surface area (Å²) in [6, 6.07) is 7.75. The molecule has 0 spiro atoms. The summed E-state index contributed by atoms with van der Waals surface area (Å²) in [4.78, 5) is 0. The second-order valence-electron chi connectivity index (χ2n) is 6.92. The molecule has 0 saturated heterocycles. The number of nitrogens with one attached hydrogen (secondary N) is 1. The Labute approximate surface area is 132 Å². The number of benzene rings is 1. The van der Waals surface area contributed by atoms with Crippen LogP contribution in [-0.4, -0.2) is 15.8 Å². The predicted molar refractivity (Wildman–Crippen MR) is 89.5 cm³/mol. The van der Waals surface area contributed by atoms with Crippen LogP contribution in [0.2, 0.25) is 0 Å². The molecule has 0 bridgehead atoms. The fourth-order valence-corrected chi connectivity index (χ4v) is 3.76. The Kier molecular flexibility index (Phi) is 3.53. The second kappa shape index (κ2) is 5.54. The second-order valence-corrected chi connectivity index (χ2v) is 6.92. The zero-order valence-electron chi connectivity index (χ0n) is 13.6. The summed E-state index contributed by atoms with van der Waals surface area (Å²) in [5, 5.41) is 8.60. The minimum absolute atomic E-state index is 0.507. The maximum atomic E-state index is 4.75. The van der Waals surface area contributed by atoms with E-state index < -0.39 is 0 Å². The van der Waals surface area contributed by atoms with Crippen LogP contribution in [0.3, 0.4) is 0 Å². The van der Waals surface area contributed by atoms with E-state index in [9.17, 15) is 0 Å². The predicted octanol–water partition coefficient (Wildman–Crippen LogP) is 4.01. The molecule has 1 N–H and O–H groups in total. The quantitative estimate of drug-likeness (QED) is 0.927. The lowest BCUT2D eigenvalue weighted by atomic mass is 9.88. The van der Waals surface area contributed by atoms with Crippen LogP contribution in [0.1, 0.15) is 60.5 Å². The van der Waals surface area contributed by atoms with Crippen LogP contribution < -0.4 is 5.32 Å². The molecular formula is C19H25N3. The lowest BCUT2D eigenvalue weighted by Crippen LogP contribution is -2.39. The third-order valence-electron chi connectivity index (χ3n) is 5.53. The summed E-state index contributed by atoms with van der Waals surface area (Å²) < 4.78 is 2.19. The van der Waals surface area contributed by atoms with Gasteiger partial charge in [0.25, 0.3) is 0 Å². The third kappa shape index (κ3) is 2.28.